The molecule has 8 nitrogen and oxygen atoms in total. The molecular formula is C17H20N4O4. The zero-order valence-corrected chi connectivity index (χ0v) is 13.9. The minimum absolute atomic E-state index is 0.164. The van der Waals surface area contributed by atoms with E-state index in [0.29, 0.717) is 11.6 Å². The third-order valence-electron chi connectivity index (χ3n) is 5.50. The predicted molar refractivity (Wildman–Crippen MR) is 87.7 cm³/mol. The maximum Gasteiger partial charge on any atom is 0.350 e. The van der Waals surface area contributed by atoms with Gasteiger partial charge in [0.2, 0.25) is 5.91 Å². The number of esters is 1. The van der Waals surface area contributed by atoms with Gasteiger partial charge in [0.05, 0.1) is 13.0 Å². The van der Waals surface area contributed by atoms with Gasteiger partial charge in [0.25, 0.3) is 0 Å². The summed E-state index contributed by atoms with van der Waals surface area (Å²) in [6.45, 7) is -0.164. The number of aromatic nitrogens is 3. The van der Waals surface area contributed by atoms with Gasteiger partial charge in [-0.25, -0.2) is 9.48 Å². The van der Waals surface area contributed by atoms with Gasteiger partial charge in [0.1, 0.15) is 6.54 Å². The minimum Gasteiger partial charge on any atom is -0.469 e. The second-order valence-corrected chi connectivity index (χ2v) is 6.84. The summed E-state index contributed by atoms with van der Waals surface area (Å²) in [6, 6.07) is 5.00. The number of pyridine rings is 1. The van der Waals surface area contributed by atoms with E-state index in [1.54, 1.807) is 24.4 Å². The van der Waals surface area contributed by atoms with Crippen molar-refractivity contribution in [3.63, 3.8) is 0 Å². The normalized spacial score (nSPS) is 27.6. The highest BCUT2D eigenvalue weighted by Gasteiger charge is 2.51. The van der Waals surface area contributed by atoms with Crippen molar-refractivity contribution in [1.82, 2.24) is 19.5 Å². The van der Waals surface area contributed by atoms with Gasteiger partial charge < -0.3 is 10.1 Å². The predicted octanol–water partition coefficient (Wildman–Crippen LogP) is 0.200. The van der Waals surface area contributed by atoms with Gasteiger partial charge in [-0.15, -0.1) is 5.10 Å². The molecule has 4 atom stereocenters. The molecule has 0 saturated heterocycles. The summed E-state index contributed by atoms with van der Waals surface area (Å²) in [6.07, 6.45) is 4.57. The van der Waals surface area contributed by atoms with Crippen molar-refractivity contribution >= 4 is 17.5 Å². The van der Waals surface area contributed by atoms with Crippen molar-refractivity contribution in [1.29, 1.82) is 0 Å². The first kappa shape index (κ1) is 15.9. The van der Waals surface area contributed by atoms with Crippen LogP contribution in [-0.2, 0) is 20.9 Å². The fraction of sp³-hybridized carbons (Fsp3) is 0.529. The Morgan fingerprint density at radius 2 is 2.12 bits per heavy atom. The number of rotatable bonds is 4. The quantitative estimate of drug-likeness (QED) is 0.800. The van der Waals surface area contributed by atoms with E-state index in [0.717, 1.165) is 23.9 Å². The van der Waals surface area contributed by atoms with Crippen molar-refractivity contribution in [2.24, 2.45) is 17.8 Å². The summed E-state index contributed by atoms with van der Waals surface area (Å²) in [5.41, 5.74) is 0.135. The molecule has 2 aromatic rings. The van der Waals surface area contributed by atoms with E-state index in [9.17, 15) is 14.4 Å². The van der Waals surface area contributed by atoms with E-state index in [1.165, 1.54) is 11.5 Å². The number of hydrogen-bond donors (Lipinski definition) is 1. The Hall–Kier alpha value is -2.64. The van der Waals surface area contributed by atoms with Gasteiger partial charge in [0, 0.05) is 12.2 Å². The van der Waals surface area contributed by atoms with E-state index in [1.807, 2.05) is 0 Å². The van der Waals surface area contributed by atoms with Crippen LogP contribution in [0.1, 0.15) is 19.3 Å². The summed E-state index contributed by atoms with van der Waals surface area (Å²) in [5, 5.41) is 7.11. The number of carbonyl (C=O) groups is 2. The second kappa shape index (κ2) is 6.02. The topological polar surface area (TPSA) is 94.7 Å². The fourth-order valence-electron chi connectivity index (χ4n) is 4.41. The van der Waals surface area contributed by atoms with Gasteiger partial charge in [-0.1, -0.05) is 6.07 Å². The summed E-state index contributed by atoms with van der Waals surface area (Å²) >= 11 is 0. The van der Waals surface area contributed by atoms with Crippen LogP contribution in [-0.4, -0.2) is 39.2 Å². The maximum atomic E-state index is 12.5. The number of amides is 1. The molecule has 0 radical (unpaired) electrons. The van der Waals surface area contributed by atoms with Gasteiger partial charge >= 0.3 is 11.7 Å². The Morgan fingerprint density at radius 1 is 1.32 bits per heavy atom. The molecule has 2 aliphatic rings. The zero-order chi connectivity index (χ0) is 17.6. The van der Waals surface area contributed by atoms with Crippen molar-refractivity contribution < 1.29 is 14.3 Å². The SMILES string of the molecule is COC(=O)C1C2CCC(C2)C1NC(=O)Cn1nc2ccccn2c1=O. The zero-order valence-electron chi connectivity index (χ0n) is 13.9. The van der Waals surface area contributed by atoms with Crippen LogP contribution in [0.15, 0.2) is 29.2 Å². The van der Waals surface area contributed by atoms with E-state index in [4.69, 9.17) is 4.74 Å². The van der Waals surface area contributed by atoms with E-state index >= 15 is 0 Å². The Bertz CT molecular complexity index is 886. The van der Waals surface area contributed by atoms with E-state index < -0.39 is 0 Å². The molecule has 1 amide bonds. The van der Waals surface area contributed by atoms with Crippen LogP contribution >= 0.6 is 0 Å². The third kappa shape index (κ3) is 2.61. The molecule has 0 spiro atoms. The standard InChI is InChI=1S/C17H20N4O4/c1-25-16(23)14-10-5-6-11(8-10)15(14)18-13(22)9-21-17(24)20-7-3-2-4-12(20)19-21/h2-4,7,10-11,14-15H,5-6,8-9H2,1H3,(H,18,22). The lowest BCUT2D eigenvalue weighted by Gasteiger charge is -2.29. The minimum atomic E-state index is -0.358. The fourth-order valence-corrected chi connectivity index (χ4v) is 4.41. The van der Waals surface area contributed by atoms with Crippen molar-refractivity contribution in [2.75, 3.05) is 7.11 Å². The number of ether oxygens (including phenoxy) is 1. The molecule has 2 bridgehead atoms. The monoisotopic (exact) mass is 344 g/mol. The lowest BCUT2D eigenvalue weighted by atomic mass is 9.84. The van der Waals surface area contributed by atoms with Crippen LogP contribution in [0.3, 0.4) is 0 Å². The molecule has 2 fully saturated rings. The Kier molecular flexibility index (Phi) is 3.82. The number of hydrogen-bond acceptors (Lipinski definition) is 5. The Balaban J connectivity index is 1.50. The number of carbonyl (C=O) groups excluding carboxylic acids is 2. The van der Waals surface area contributed by atoms with E-state index in [-0.39, 0.29) is 42.0 Å². The maximum absolute atomic E-state index is 12.5. The number of fused-ring (bicyclic) bond motifs is 3. The molecule has 0 aliphatic heterocycles. The second-order valence-electron chi connectivity index (χ2n) is 6.84. The Morgan fingerprint density at radius 3 is 2.88 bits per heavy atom. The molecule has 2 saturated carbocycles. The van der Waals surface area contributed by atoms with Gasteiger partial charge in [-0.2, -0.15) is 0 Å². The highest BCUT2D eigenvalue weighted by atomic mass is 16.5. The largest absolute Gasteiger partial charge is 0.469 e. The average molecular weight is 344 g/mol. The van der Waals surface area contributed by atoms with Crippen molar-refractivity contribution in [2.45, 2.75) is 31.8 Å². The summed E-state index contributed by atoms with van der Waals surface area (Å²) in [5.74, 6) is -0.277. The first-order valence-electron chi connectivity index (χ1n) is 8.50. The molecule has 25 heavy (non-hydrogen) atoms. The molecule has 1 N–H and O–H groups in total. The average Bonchev–Trinajstić information content (AvgIpc) is 3.29. The van der Waals surface area contributed by atoms with Crippen LogP contribution in [0.4, 0.5) is 0 Å². The summed E-state index contributed by atoms with van der Waals surface area (Å²) in [7, 11) is 1.38. The molecule has 2 aliphatic carbocycles. The van der Waals surface area contributed by atoms with Crippen LogP contribution in [0, 0.1) is 17.8 Å². The highest BCUT2D eigenvalue weighted by Crippen LogP contribution is 2.48. The highest BCUT2D eigenvalue weighted by molar-refractivity contribution is 5.79. The van der Waals surface area contributed by atoms with Crippen LogP contribution in [0.5, 0.6) is 0 Å². The summed E-state index contributed by atoms with van der Waals surface area (Å²) < 4.78 is 7.45. The number of nitrogens with zero attached hydrogens (tertiary/aromatic N) is 3. The van der Waals surface area contributed by atoms with Gasteiger partial charge in [-0.05, 0) is 43.2 Å². The molecule has 2 aromatic heterocycles. The van der Waals surface area contributed by atoms with Crippen LogP contribution in [0.25, 0.3) is 5.65 Å². The van der Waals surface area contributed by atoms with E-state index in [2.05, 4.69) is 10.4 Å². The Labute approximate surface area is 143 Å². The van der Waals surface area contributed by atoms with Crippen molar-refractivity contribution in [3.8, 4) is 0 Å². The smallest absolute Gasteiger partial charge is 0.350 e. The molecule has 2 heterocycles. The van der Waals surface area contributed by atoms with Gasteiger partial charge in [0.15, 0.2) is 5.65 Å². The molecular weight excluding hydrogens is 324 g/mol. The third-order valence-corrected chi connectivity index (χ3v) is 5.50. The molecule has 4 rings (SSSR count). The lowest BCUT2D eigenvalue weighted by Crippen LogP contribution is -2.48. The first-order valence-corrected chi connectivity index (χ1v) is 8.50. The molecule has 132 valence electrons. The summed E-state index contributed by atoms with van der Waals surface area (Å²) in [4.78, 5) is 36.8. The first-order chi connectivity index (χ1) is 12.1. The molecule has 8 heteroatoms. The van der Waals surface area contributed by atoms with Gasteiger partial charge in [-0.3, -0.25) is 14.0 Å². The van der Waals surface area contributed by atoms with Crippen LogP contribution < -0.4 is 11.0 Å². The number of methoxy groups -OCH3 is 1. The number of nitrogens with one attached hydrogen (secondary N) is 1. The molecule has 4 unspecified atom stereocenters. The van der Waals surface area contributed by atoms with Crippen molar-refractivity contribution in [3.05, 3.63) is 34.9 Å². The van der Waals surface area contributed by atoms with Crippen LogP contribution in [0.2, 0.25) is 0 Å². The lowest BCUT2D eigenvalue weighted by molar-refractivity contribution is -0.148. The molecule has 0 aromatic carbocycles.